The third-order valence-corrected chi connectivity index (χ3v) is 6.40. The lowest BCUT2D eigenvalue weighted by molar-refractivity contribution is -0.133. The van der Waals surface area contributed by atoms with E-state index in [9.17, 15) is 23.1 Å². The summed E-state index contributed by atoms with van der Waals surface area (Å²) in [6.45, 7) is 2.02. The minimum Gasteiger partial charge on any atom is -0.386 e. The molecule has 1 aromatic carbocycles. The average molecular weight is 433 g/mol. The molecule has 2 fully saturated rings. The Morgan fingerprint density at radius 1 is 1.13 bits per heavy atom. The molecular formula is C23H26F3N3O2. The van der Waals surface area contributed by atoms with Crippen molar-refractivity contribution in [3.05, 3.63) is 53.9 Å². The van der Waals surface area contributed by atoms with Gasteiger partial charge in [-0.2, -0.15) is 8.78 Å². The van der Waals surface area contributed by atoms with Crippen molar-refractivity contribution in [3.8, 4) is 11.1 Å². The normalized spacial score (nSPS) is 19.5. The number of hydrogen-bond donors (Lipinski definition) is 2. The summed E-state index contributed by atoms with van der Waals surface area (Å²) < 4.78 is 37.9. The summed E-state index contributed by atoms with van der Waals surface area (Å²) in [6.07, 6.45) is 1.16. The Balaban J connectivity index is 1.35. The molecule has 1 aliphatic carbocycles. The standard InChI is InChI=1S/C23H26F3N3O2/c24-10-19(28-22(31)21(25)26)20(30)16-4-2-15(3-5-16)17-6-7-18(27-11-17)12-29-13-23(14-29)8-1-9-23/h2-7,11,19-21,30H,1,8-10,12-14H2,(H,28,31)/t19-,20-/m1/s1. The third-order valence-electron chi connectivity index (χ3n) is 6.40. The molecule has 2 N–H and O–H groups in total. The monoisotopic (exact) mass is 433 g/mol. The van der Waals surface area contributed by atoms with Crippen LogP contribution in [0.2, 0.25) is 0 Å². The average Bonchev–Trinajstić information content (AvgIpc) is 2.72. The SMILES string of the molecule is O=C(N[C@H](CF)[C@H](O)c1ccc(-c2ccc(CN3CC4(CCC4)C3)nc2)cc1)C(F)F. The Morgan fingerprint density at radius 2 is 1.81 bits per heavy atom. The van der Waals surface area contributed by atoms with Crippen molar-refractivity contribution in [1.29, 1.82) is 0 Å². The number of carbonyl (C=O) groups excluding carboxylic acids is 1. The van der Waals surface area contributed by atoms with Crippen molar-refractivity contribution < 1.29 is 23.1 Å². The molecule has 1 aromatic heterocycles. The number of halogens is 3. The molecule has 1 saturated heterocycles. The predicted molar refractivity (Wildman–Crippen MR) is 110 cm³/mol. The van der Waals surface area contributed by atoms with E-state index in [4.69, 9.17) is 0 Å². The molecule has 4 rings (SSSR count). The van der Waals surface area contributed by atoms with E-state index in [0.29, 0.717) is 11.0 Å². The maximum absolute atomic E-state index is 13.2. The fourth-order valence-electron chi connectivity index (χ4n) is 4.48. The molecule has 1 saturated carbocycles. The van der Waals surface area contributed by atoms with Gasteiger partial charge in [0.2, 0.25) is 0 Å². The van der Waals surface area contributed by atoms with Gasteiger partial charge < -0.3 is 10.4 Å². The van der Waals surface area contributed by atoms with Crippen molar-refractivity contribution in [3.63, 3.8) is 0 Å². The van der Waals surface area contributed by atoms with Gasteiger partial charge in [0, 0.05) is 31.4 Å². The van der Waals surface area contributed by atoms with Crippen LogP contribution in [-0.2, 0) is 11.3 Å². The number of nitrogens with one attached hydrogen (secondary N) is 1. The van der Waals surface area contributed by atoms with E-state index in [1.54, 1.807) is 30.5 Å². The van der Waals surface area contributed by atoms with Crippen LogP contribution in [0.25, 0.3) is 11.1 Å². The Morgan fingerprint density at radius 3 is 2.32 bits per heavy atom. The van der Waals surface area contributed by atoms with E-state index >= 15 is 0 Å². The summed E-state index contributed by atoms with van der Waals surface area (Å²) in [4.78, 5) is 18.1. The van der Waals surface area contributed by atoms with Crippen molar-refractivity contribution >= 4 is 5.91 Å². The number of aliphatic hydroxyl groups is 1. The fourth-order valence-corrected chi connectivity index (χ4v) is 4.48. The Hall–Kier alpha value is -2.45. The largest absolute Gasteiger partial charge is 0.386 e. The topological polar surface area (TPSA) is 65.5 Å². The molecule has 2 aliphatic rings. The molecule has 2 heterocycles. The number of aromatic nitrogens is 1. The van der Waals surface area contributed by atoms with Crippen LogP contribution in [0, 0.1) is 5.41 Å². The summed E-state index contributed by atoms with van der Waals surface area (Å²) in [7, 11) is 0. The highest BCUT2D eigenvalue weighted by atomic mass is 19.3. The van der Waals surface area contributed by atoms with E-state index in [2.05, 4.69) is 9.88 Å². The first-order chi connectivity index (χ1) is 14.9. The lowest BCUT2D eigenvalue weighted by Gasteiger charge is -2.56. The first kappa shape index (κ1) is 21.8. The van der Waals surface area contributed by atoms with Crippen LogP contribution in [0.15, 0.2) is 42.6 Å². The quantitative estimate of drug-likeness (QED) is 0.669. The second-order valence-electron chi connectivity index (χ2n) is 8.67. The maximum Gasteiger partial charge on any atom is 0.315 e. The zero-order valence-corrected chi connectivity index (χ0v) is 17.1. The number of benzene rings is 1. The number of alkyl halides is 3. The molecule has 0 radical (unpaired) electrons. The smallest absolute Gasteiger partial charge is 0.315 e. The third kappa shape index (κ3) is 4.75. The number of likely N-dealkylation sites (tertiary alicyclic amines) is 1. The minimum absolute atomic E-state index is 0.327. The highest BCUT2D eigenvalue weighted by Gasteiger charge is 2.46. The molecule has 1 amide bonds. The number of amides is 1. The number of aliphatic hydroxyl groups excluding tert-OH is 1. The number of carbonyl (C=O) groups is 1. The Bertz CT molecular complexity index is 893. The zero-order chi connectivity index (χ0) is 22.0. The van der Waals surface area contributed by atoms with Crippen LogP contribution in [0.5, 0.6) is 0 Å². The van der Waals surface area contributed by atoms with Crippen LogP contribution < -0.4 is 5.32 Å². The van der Waals surface area contributed by atoms with Crippen molar-refractivity contribution in [2.24, 2.45) is 5.41 Å². The number of nitrogens with zero attached hydrogens (tertiary/aromatic N) is 2. The van der Waals surface area contributed by atoms with Crippen LogP contribution in [0.4, 0.5) is 13.2 Å². The van der Waals surface area contributed by atoms with E-state index in [0.717, 1.165) is 36.5 Å². The van der Waals surface area contributed by atoms with E-state index < -0.39 is 31.2 Å². The molecule has 1 spiro atoms. The first-order valence-corrected chi connectivity index (χ1v) is 10.5. The fraction of sp³-hybridized carbons (Fsp3) is 0.478. The summed E-state index contributed by atoms with van der Waals surface area (Å²) in [5.41, 5.74) is 3.70. The summed E-state index contributed by atoms with van der Waals surface area (Å²) in [5, 5.41) is 12.1. The molecule has 166 valence electrons. The molecule has 0 bridgehead atoms. The van der Waals surface area contributed by atoms with Crippen molar-refractivity contribution in [1.82, 2.24) is 15.2 Å². The second kappa shape index (κ2) is 8.96. The molecule has 2 aromatic rings. The van der Waals surface area contributed by atoms with Crippen LogP contribution in [-0.4, -0.2) is 53.1 Å². The Labute approximate surface area is 179 Å². The minimum atomic E-state index is -3.26. The Kier molecular flexibility index (Phi) is 6.29. The molecule has 5 nitrogen and oxygen atoms in total. The highest BCUT2D eigenvalue weighted by Crippen LogP contribution is 2.48. The van der Waals surface area contributed by atoms with Crippen LogP contribution >= 0.6 is 0 Å². The maximum atomic E-state index is 13.2. The van der Waals surface area contributed by atoms with Gasteiger partial charge in [-0.3, -0.25) is 14.7 Å². The number of hydrogen-bond acceptors (Lipinski definition) is 4. The molecular weight excluding hydrogens is 407 g/mol. The zero-order valence-electron chi connectivity index (χ0n) is 17.1. The lowest BCUT2D eigenvalue weighted by Crippen LogP contribution is -2.59. The van der Waals surface area contributed by atoms with Gasteiger partial charge in [-0.25, -0.2) is 4.39 Å². The van der Waals surface area contributed by atoms with Crippen LogP contribution in [0.1, 0.15) is 36.6 Å². The number of pyridine rings is 1. The van der Waals surface area contributed by atoms with Gasteiger partial charge >= 0.3 is 6.43 Å². The summed E-state index contributed by atoms with van der Waals surface area (Å²) >= 11 is 0. The van der Waals surface area contributed by atoms with E-state index in [1.165, 1.54) is 19.3 Å². The summed E-state index contributed by atoms with van der Waals surface area (Å²) in [6, 6.07) is 9.22. The van der Waals surface area contributed by atoms with Gasteiger partial charge in [0.05, 0.1) is 11.7 Å². The first-order valence-electron chi connectivity index (χ1n) is 10.5. The molecule has 2 atom stereocenters. The molecule has 0 unspecified atom stereocenters. The van der Waals surface area contributed by atoms with Gasteiger partial charge in [-0.1, -0.05) is 36.8 Å². The molecule has 8 heteroatoms. The lowest BCUT2D eigenvalue weighted by atomic mass is 9.63. The molecule has 31 heavy (non-hydrogen) atoms. The van der Waals surface area contributed by atoms with Crippen molar-refractivity contribution in [2.45, 2.75) is 44.4 Å². The van der Waals surface area contributed by atoms with Gasteiger partial charge in [-0.15, -0.1) is 0 Å². The van der Waals surface area contributed by atoms with E-state index in [1.807, 2.05) is 17.4 Å². The van der Waals surface area contributed by atoms with E-state index in [-0.39, 0.29) is 0 Å². The predicted octanol–water partition coefficient (Wildman–Crippen LogP) is 3.49. The highest BCUT2D eigenvalue weighted by molar-refractivity contribution is 5.79. The van der Waals surface area contributed by atoms with Crippen molar-refractivity contribution in [2.75, 3.05) is 19.8 Å². The number of rotatable bonds is 8. The van der Waals surface area contributed by atoms with Gasteiger partial charge in [0.25, 0.3) is 5.91 Å². The second-order valence-corrected chi connectivity index (χ2v) is 8.67. The van der Waals surface area contributed by atoms with Gasteiger partial charge in [0.15, 0.2) is 0 Å². The van der Waals surface area contributed by atoms with Gasteiger partial charge in [-0.05, 0) is 35.4 Å². The molecule has 1 aliphatic heterocycles. The summed E-state index contributed by atoms with van der Waals surface area (Å²) in [5.74, 6) is -1.61. The van der Waals surface area contributed by atoms with Crippen LogP contribution in [0.3, 0.4) is 0 Å². The van der Waals surface area contributed by atoms with Gasteiger partial charge in [0.1, 0.15) is 12.8 Å².